The van der Waals surface area contributed by atoms with Crippen molar-refractivity contribution in [1.82, 2.24) is 14.6 Å². The lowest BCUT2D eigenvalue weighted by molar-refractivity contribution is 0.594. The molecule has 0 amide bonds. The van der Waals surface area contributed by atoms with Crippen LogP contribution in [-0.2, 0) is 0 Å². The molecule has 2 heterocycles. The highest BCUT2D eigenvalue weighted by atomic mass is 32.1. The molecule has 0 radical (unpaired) electrons. The van der Waals surface area contributed by atoms with Gasteiger partial charge in [-0.3, -0.25) is 4.98 Å². The molecule has 0 saturated heterocycles. The molecule has 6 heteroatoms. The molecule has 0 bridgehead atoms. The summed E-state index contributed by atoms with van der Waals surface area (Å²) in [6.45, 7) is 0. The largest absolute Gasteiger partial charge is 0.319 e. The average Bonchev–Trinajstić information content (AvgIpc) is 2.70. The van der Waals surface area contributed by atoms with Crippen LogP contribution in [0.4, 0.5) is 4.39 Å². The first-order valence-electron chi connectivity index (χ1n) is 3.91. The van der Waals surface area contributed by atoms with Crippen molar-refractivity contribution in [3.8, 4) is 0 Å². The molecule has 2 N–H and O–H groups in total. The maximum atomic E-state index is 13.3. The minimum absolute atomic E-state index is 0.408. The van der Waals surface area contributed by atoms with Crippen molar-refractivity contribution in [2.45, 2.75) is 6.04 Å². The summed E-state index contributed by atoms with van der Waals surface area (Å²) >= 11 is 1.16. The number of hydrogen-bond acceptors (Lipinski definition) is 5. The first-order chi connectivity index (χ1) is 6.79. The molecule has 0 aliphatic rings. The van der Waals surface area contributed by atoms with Crippen LogP contribution < -0.4 is 5.73 Å². The number of pyridine rings is 1. The van der Waals surface area contributed by atoms with Crippen molar-refractivity contribution in [3.05, 3.63) is 40.9 Å². The van der Waals surface area contributed by atoms with Gasteiger partial charge < -0.3 is 5.73 Å². The van der Waals surface area contributed by atoms with Gasteiger partial charge in [0.15, 0.2) is 0 Å². The smallest absolute Gasteiger partial charge is 0.146 e. The normalized spacial score (nSPS) is 12.7. The molecule has 1 unspecified atom stereocenters. The summed E-state index contributed by atoms with van der Waals surface area (Å²) in [5.41, 5.74) is 6.23. The van der Waals surface area contributed by atoms with Gasteiger partial charge in [0.05, 0.1) is 23.3 Å². The first kappa shape index (κ1) is 9.17. The lowest BCUT2D eigenvalue weighted by Crippen LogP contribution is -2.12. The molecule has 2 aromatic rings. The van der Waals surface area contributed by atoms with E-state index < -0.39 is 11.9 Å². The van der Waals surface area contributed by atoms with E-state index in [1.807, 2.05) is 0 Å². The first-order valence-corrected chi connectivity index (χ1v) is 4.68. The highest BCUT2D eigenvalue weighted by molar-refractivity contribution is 7.05. The fourth-order valence-electron chi connectivity index (χ4n) is 1.10. The molecule has 2 aromatic heterocycles. The molecule has 0 aliphatic heterocycles. The van der Waals surface area contributed by atoms with Crippen molar-refractivity contribution in [2.75, 3.05) is 0 Å². The predicted octanol–water partition coefficient (Wildman–Crippen LogP) is 1.12. The predicted molar refractivity (Wildman–Crippen MR) is 50.1 cm³/mol. The average molecular weight is 210 g/mol. The van der Waals surface area contributed by atoms with Crippen LogP contribution in [0.15, 0.2) is 24.7 Å². The number of rotatable bonds is 2. The molecule has 0 saturated carbocycles. The van der Waals surface area contributed by atoms with Crippen molar-refractivity contribution in [2.24, 2.45) is 5.73 Å². The Kier molecular flexibility index (Phi) is 2.47. The van der Waals surface area contributed by atoms with Crippen LogP contribution in [0.5, 0.6) is 0 Å². The lowest BCUT2D eigenvalue weighted by atomic mass is 10.1. The Bertz CT molecular complexity index is 417. The number of halogens is 1. The molecule has 1 atom stereocenters. The maximum Gasteiger partial charge on any atom is 0.146 e. The van der Waals surface area contributed by atoms with Crippen LogP contribution in [0.25, 0.3) is 0 Å². The van der Waals surface area contributed by atoms with Gasteiger partial charge in [0.1, 0.15) is 5.82 Å². The summed E-state index contributed by atoms with van der Waals surface area (Å²) in [4.78, 5) is 4.38. The van der Waals surface area contributed by atoms with Crippen LogP contribution in [-0.4, -0.2) is 14.6 Å². The standard InChI is InChI=1S/C8H7FN4S/c9-6-3-11-2-1-5(6)8(10)7-4-12-13-14-7/h1-4,8H,10H2. The minimum atomic E-state index is -0.516. The topological polar surface area (TPSA) is 64.7 Å². The summed E-state index contributed by atoms with van der Waals surface area (Å²) in [5.74, 6) is -0.409. The molecule has 0 aliphatic carbocycles. The van der Waals surface area contributed by atoms with Gasteiger partial charge in [-0.25, -0.2) is 4.39 Å². The van der Waals surface area contributed by atoms with E-state index in [-0.39, 0.29) is 0 Å². The Morgan fingerprint density at radius 3 is 2.93 bits per heavy atom. The highest BCUT2D eigenvalue weighted by Gasteiger charge is 2.14. The van der Waals surface area contributed by atoms with Gasteiger partial charge in [0, 0.05) is 11.8 Å². The van der Waals surface area contributed by atoms with Crippen LogP contribution in [0.2, 0.25) is 0 Å². The van der Waals surface area contributed by atoms with E-state index >= 15 is 0 Å². The third kappa shape index (κ3) is 1.61. The van der Waals surface area contributed by atoms with E-state index in [9.17, 15) is 4.39 Å². The van der Waals surface area contributed by atoms with Crippen molar-refractivity contribution < 1.29 is 4.39 Å². The number of aromatic nitrogens is 3. The van der Waals surface area contributed by atoms with Gasteiger partial charge in [-0.05, 0) is 17.6 Å². The van der Waals surface area contributed by atoms with Gasteiger partial charge in [-0.1, -0.05) is 4.49 Å². The third-order valence-corrected chi connectivity index (χ3v) is 2.57. The Labute approximate surface area is 83.8 Å². The molecule has 4 nitrogen and oxygen atoms in total. The van der Waals surface area contributed by atoms with Crippen LogP contribution in [0.1, 0.15) is 16.5 Å². The van der Waals surface area contributed by atoms with E-state index in [2.05, 4.69) is 14.6 Å². The van der Waals surface area contributed by atoms with Gasteiger partial charge in [0.2, 0.25) is 0 Å². The second-order valence-electron chi connectivity index (χ2n) is 2.69. The van der Waals surface area contributed by atoms with Crippen molar-refractivity contribution >= 4 is 11.5 Å². The summed E-state index contributed by atoms with van der Waals surface area (Å²) < 4.78 is 16.9. The fraction of sp³-hybridized carbons (Fsp3) is 0.125. The monoisotopic (exact) mass is 210 g/mol. The highest BCUT2D eigenvalue weighted by Crippen LogP contribution is 2.22. The van der Waals surface area contributed by atoms with Crippen molar-refractivity contribution in [1.29, 1.82) is 0 Å². The summed E-state index contributed by atoms with van der Waals surface area (Å²) in [5, 5.41) is 3.65. The molecular formula is C8H7FN4S. The van der Waals surface area contributed by atoms with E-state index in [1.54, 1.807) is 6.07 Å². The van der Waals surface area contributed by atoms with Gasteiger partial charge in [-0.15, -0.1) is 5.10 Å². The molecular weight excluding hydrogens is 203 g/mol. The van der Waals surface area contributed by atoms with E-state index in [0.717, 1.165) is 22.6 Å². The Morgan fingerprint density at radius 2 is 2.29 bits per heavy atom. The minimum Gasteiger partial charge on any atom is -0.319 e. The second kappa shape index (κ2) is 3.77. The number of hydrogen-bond donors (Lipinski definition) is 1. The lowest BCUT2D eigenvalue weighted by Gasteiger charge is -2.08. The zero-order chi connectivity index (χ0) is 9.97. The summed E-state index contributed by atoms with van der Waals surface area (Å²) in [7, 11) is 0. The molecule has 0 fully saturated rings. The van der Waals surface area contributed by atoms with Gasteiger partial charge in [-0.2, -0.15) is 0 Å². The van der Waals surface area contributed by atoms with Crippen LogP contribution in [0.3, 0.4) is 0 Å². The van der Waals surface area contributed by atoms with E-state index in [1.165, 1.54) is 12.4 Å². The molecule has 0 aromatic carbocycles. The summed E-state index contributed by atoms with van der Waals surface area (Å²) in [6, 6.07) is 1.04. The molecule has 2 rings (SSSR count). The quantitative estimate of drug-likeness (QED) is 0.806. The molecule has 0 spiro atoms. The van der Waals surface area contributed by atoms with E-state index in [4.69, 9.17) is 5.73 Å². The zero-order valence-electron chi connectivity index (χ0n) is 7.09. The Hall–Kier alpha value is -1.40. The Morgan fingerprint density at radius 1 is 1.43 bits per heavy atom. The third-order valence-electron chi connectivity index (χ3n) is 1.82. The Balaban J connectivity index is 2.37. The van der Waals surface area contributed by atoms with Gasteiger partial charge in [0.25, 0.3) is 0 Å². The fourth-order valence-corrected chi connectivity index (χ4v) is 1.63. The number of nitrogens with zero attached hydrogens (tertiary/aromatic N) is 3. The van der Waals surface area contributed by atoms with Crippen LogP contribution >= 0.6 is 11.5 Å². The molecule has 72 valence electrons. The summed E-state index contributed by atoms with van der Waals surface area (Å²) in [6.07, 6.45) is 4.19. The van der Waals surface area contributed by atoms with Gasteiger partial charge >= 0.3 is 0 Å². The van der Waals surface area contributed by atoms with Crippen molar-refractivity contribution in [3.63, 3.8) is 0 Å². The van der Waals surface area contributed by atoms with Crippen LogP contribution in [0, 0.1) is 5.82 Å². The second-order valence-corrected chi connectivity index (χ2v) is 3.51. The SMILES string of the molecule is NC(c1cnns1)c1ccncc1F. The van der Waals surface area contributed by atoms with E-state index in [0.29, 0.717) is 5.56 Å². The maximum absolute atomic E-state index is 13.3. The number of nitrogens with two attached hydrogens (primary N) is 1. The zero-order valence-corrected chi connectivity index (χ0v) is 7.91. The molecule has 14 heavy (non-hydrogen) atoms.